The molecule has 80 valence electrons. The summed E-state index contributed by atoms with van der Waals surface area (Å²) in [6.07, 6.45) is 3.21. The van der Waals surface area contributed by atoms with Gasteiger partial charge in [-0.3, -0.25) is 9.59 Å². The molecule has 15 heavy (non-hydrogen) atoms. The highest BCUT2D eigenvalue weighted by atomic mass is 16.4. The molecule has 1 aromatic heterocycles. The first kappa shape index (κ1) is 9.70. The third-order valence-electron chi connectivity index (χ3n) is 2.25. The lowest BCUT2D eigenvalue weighted by Crippen LogP contribution is -2.33. The van der Waals surface area contributed by atoms with E-state index in [1.165, 1.54) is 12.4 Å². The van der Waals surface area contributed by atoms with Gasteiger partial charge in [-0.05, 0) is 12.8 Å². The fourth-order valence-electron chi connectivity index (χ4n) is 1.44. The molecule has 6 nitrogen and oxygen atoms in total. The number of aromatic amines is 1. The second-order valence-electron chi connectivity index (χ2n) is 3.52. The van der Waals surface area contributed by atoms with Gasteiger partial charge in [-0.15, -0.1) is 0 Å². The van der Waals surface area contributed by atoms with Crippen molar-refractivity contribution >= 4 is 11.8 Å². The lowest BCUT2D eigenvalue weighted by atomic mass is 10.4. The molecule has 1 heterocycles. The van der Waals surface area contributed by atoms with Crippen LogP contribution < -0.4 is 10.5 Å². The second kappa shape index (κ2) is 3.72. The molecule has 0 bridgehead atoms. The average Bonchev–Trinajstić information content (AvgIpc) is 2.97. The van der Waals surface area contributed by atoms with Gasteiger partial charge in [-0.2, -0.15) is 0 Å². The Balaban J connectivity index is 2.23. The molecule has 0 saturated heterocycles. The Hall–Kier alpha value is -1.85. The molecule has 0 atom stereocenters. The fraction of sp³-hybridized carbons (Fsp3) is 0.444. The Labute approximate surface area is 85.6 Å². The van der Waals surface area contributed by atoms with Crippen LogP contribution in [0.15, 0.2) is 17.2 Å². The summed E-state index contributed by atoms with van der Waals surface area (Å²) in [5, 5.41) is 8.74. The molecular formula is C9H11N3O3. The lowest BCUT2D eigenvalue weighted by Gasteiger charge is -2.20. The average molecular weight is 209 g/mol. The number of anilines is 1. The number of nitrogens with one attached hydrogen (secondary N) is 1. The van der Waals surface area contributed by atoms with E-state index in [9.17, 15) is 9.59 Å². The van der Waals surface area contributed by atoms with Crippen molar-refractivity contribution in [2.75, 3.05) is 11.4 Å². The molecule has 0 radical (unpaired) electrons. The molecule has 1 aliphatic rings. The van der Waals surface area contributed by atoms with E-state index in [1.807, 2.05) is 0 Å². The van der Waals surface area contributed by atoms with E-state index in [0.29, 0.717) is 5.82 Å². The molecule has 0 aromatic carbocycles. The highest BCUT2D eigenvalue weighted by Crippen LogP contribution is 2.29. The Bertz CT molecular complexity index is 425. The van der Waals surface area contributed by atoms with Crippen molar-refractivity contribution in [2.24, 2.45) is 0 Å². The zero-order chi connectivity index (χ0) is 10.8. The van der Waals surface area contributed by atoms with Crippen molar-refractivity contribution in [2.45, 2.75) is 18.9 Å². The Morgan fingerprint density at radius 2 is 2.40 bits per heavy atom. The molecule has 0 aliphatic heterocycles. The fourth-order valence-corrected chi connectivity index (χ4v) is 1.44. The van der Waals surface area contributed by atoms with Crippen LogP contribution in [0.1, 0.15) is 12.8 Å². The van der Waals surface area contributed by atoms with Crippen LogP contribution in [0.3, 0.4) is 0 Å². The van der Waals surface area contributed by atoms with Gasteiger partial charge < -0.3 is 15.0 Å². The molecule has 0 spiro atoms. The highest BCUT2D eigenvalue weighted by molar-refractivity contribution is 5.73. The summed E-state index contributed by atoms with van der Waals surface area (Å²) in [5.41, 5.74) is -0.268. The van der Waals surface area contributed by atoms with Gasteiger partial charge in [0.1, 0.15) is 12.4 Å². The highest BCUT2D eigenvalue weighted by Gasteiger charge is 2.31. The third-order valence-corrected chi connectivity index (χ3v) is 2.25. The van der Waals surface area contributed by atoms with Crippen LogP contribution in [0.4, 0.5) is 5.82 Å². The number of H-pyrrole nitrogens is 1. The zero-order valence-electron chi connectivity index (χ0n) is 8.01. The van der Waals surface area contributed by atoms with Crippen LogP contribution in [0.2, 0.25) is 0 Å². The van der Waals surface area contributed by atoms with Crippen LogP contribution >= 0.6 is 0 Å². The minimum absolute atomic E-state index is 0.110. The zero-order valence-corrected chi connectivity index (χ0v) is 8.01. The number of carboxylic acid groups (broad SMARTS) is 1. The van der Waals surface area contributed by atoms with Crippen LogP contribution in [-0.2, 0) is 4.79 Å². The maximum Gasteiger partial charge on any atom is 0.323 e. The van der Waals surface area contributed by atoms with Crippen LogP contribution in [0.25, 0.3) is 0 Å². The van der Waals surface area contributed by atoms with Gasteiger partial charge in [0.15, 0.2) is 0 Å². The molecule has 1 saturated carbocycles. The molecule has 6 heteroatoms. The van der Waals surface area contributed by atoms with E-state index < -0.39 is 5.97 Å². The van der Waals surface area contributed by atoms with Gasteiger partial charge in [-0.1, -0.05) is 0 Å². The standard InChI is InChI=1S/C9H11N3O3/c13-8-3-7(10-5-11-8)12(4-9(14)15)6-1-2-6/h3,5-6H,1-2,4H2,(H,14,15)(H,10,11,13). The van der Waals surface area contributed by atoms with Crippen molar-refractivity contribution in [3.63, 3.8) is 0 Å². The molecule has 2 N–H and O–H groups in total. The first-order valence-electron chi connectivity index (χ1n) is 4.70. The van der Waals surface area contributed by atoms with Crippen molar-refractivity contribution in [3.8, 4) is 0 Å². The van der Waals surface area contributed by atoms with E-state index in [2.05, 4.69) is 9.97 Å². The summed E-state index contributed by atoms with van der Waals surface area (Å²) in [4.78, 5) is 29.7. The molecule has 1 aromatic rings. The van der Waals surface area contributed by atoms with E-state index >= 15 is 0 Å². The van der Waals surface area contributed by atoms with Crippen LogP contribution in [-0.4, -0.2) is 33.6 Å². The summed E-state index contributed by atoms with van der Waals surface area (Å²) in [7, 11) is 0. The first-order valence-corrected chi connectivity index (χ1v) is 4.70. The van der Waals surface area contributed by atoms with E-state index in [-0.39, 0.29) is 18.1 Å². The predicted molar refractivity (Wildman–Crippen MR) is 52.9 cm³/mol. The van der Waals surface area contributed by atoms with E-state index in [1.54, 1.807) is 4.90 Å². The van der Waals surface area contributed by atoms with E-state index in [4.69, 9.17) is 5.11 Å². The van der Waals surface area contributed by atoms with E-state index in [0.717, 1.165) is 12.8 Å². The molecule has 1 aliphatic carbocycles. The summed E-state index contributed by atoms with van der Waals surface area (Å²) in [5.74, 6) is -0.479. The quantitative estimate of drug-likeness (QED) is 0.718. The van der Waals surface area contributed by atoms with Crippen molar-refractivity contribution in [1.29, 1.82) is 0 Å². The Kier molecular flexibility index (Phi) is 2.40. The van der Waals surface area contributed by atoms with Gasteiger partial charge >= 0.3 is 5.97 Å². The predicted octanol–water partition coefficient (Wildman–Crippen LogP) is -0.177. The molecule has 0 unspecified atom stereocenters. The maximum atomic E-state index is 11.1. The minimum atomic E-state index is -0.913. The summed E-state index contributed by atoms with van der Waals surface area (Å²) < 4.78 is 0. The minimum Gasteiger partial charge on any atom is -0.480 e. The van der Waals surface area contributed by atoms with Crippen molar-refractivity contribution in [3.05, 3.63) is 22.7 Å². The number of hydrogen-bond acceptors (Lipinski definition) is 4. The normalized spacial score (nSPS) is 14.9. The number of rotatable bonds is 4. The third kappa shape index (κ3) is 2.34. The monoisotopic (exact) mass is 209 g/mol. The second-order valence-corrected chi connectivity index (χ2v) is 3.52. The molecule has 1 fully saturated rings. The smallest absolute Gasteiger partial charge is 0.323 e. The number of nitrogens with zero attached hydrogens (tertiary/aromatic N) is 2. The topological polar surface area (TPSA) is 86.3 Å². The van der Waals surface area contributed by atoms with Gasteiger partial charge in [0.05, 0.1) is 6.33 Å². The number of hydrogen-bond donors (Lipinski definition) is 2. The largest absolute Gasteiger partial charge is 0.480 e. The molecule has 0 amide bonds. The van der Waals surface area contributed by atoms with Crippen molar-refractivity contribution < 1.29 is 9.90 Å². The van der Waals surface area contributed by atoms with Gasteiger partial charge in [0.25, 0.3) is 5.56 Å². The number of carbonyl (C=O) groups is 1. The summed E-state index contributed by atoms with van der Waals surface area (Å²) in [6, 6.07) is 1.54. The summed E-state index contributed by atoms with van der Waals surface area (Å²) in [6.45, 7) is -0.110. The Morgan fingerprint density at radius 1 is 1.67 bits per heavy atom. The first-order chi connectivity index (χ1) is 7.16. The molecule has 2 rings (SSSR count). The number of aliphatic carboxylic acids is 1. The number of carboxylic acids is 1. The van der Waals surface area contributed by atoms with Crippen LogP contribution in [0.5, 0.6) is 0 Å². The van der Waals surface area contributed by atoms with Gasteiger partial charge in [0, 0.05) is 12.1 Å². The lowest BCUT2D eigenvalue weighted by molar-refractivity contribution is -0.135. The maximum absolute atomic E-state index is 11.1. The molecular weight excluding hydrogens is 198 g/mol. The summed E-state index contributed by atoms with van der Waals surface area (Å²) >= 11 is 0. The van der Waals surface area contributed by atoms with Gasteiger partial charge in [-0.25, -0.2) is 4.98 Å². The Morgan fingerprint density at radius 3 is 2.93 bits per heavy atom. The van der Waals surface area contributed by atoms with Crippen molar-refractivity contribution in [1.82, 2.24) is 9.97 Å². The number of aromatic nitrogens is 2. The van der Waals surface area contributed by atoms with Crippen LogP contribution in [0, 0.1) is 0 Å². The van der Waals surface area contributed by atoms with Gasteiger partial charge in [0.2, 0.25) is 0 Å². The SMILES string of the molecule is O=C(O)CN(c1cc(=O)[nH]cn1)C1CC1.